The molecule has 0 aliphatic heterocycles. The van der Waals surface area contributed by atoms with Crippen molar-refractivity contribution in [3.8, 4) is 0 Å². The van der Waals surface area contributed by atoms with E-state index in [0.717, 1.165) is 5.69 Å². The summed E-state index contributed by atoms with van der Waals surface area (Å²) in [5.74, 6) is 0.995. The molecule has 1 aromatic carbocycles. The molecule has 1 N–H and O–H groups in total. The quantitative estimate of drug-likeness (QED) is 0.932. The first-order chi connectivity index (χ1) is 9.88. The van der Waals surface area contributed by atoms with E-state index in [0.29, 0.717) is 28.7 Å². The molecule has 0 saturated carbocycles. The van der Waals surface area contributed by atoms with Crippen LogP contribution in [0.25, 0.3) is 0 Å². The first-order valence-corrected chi connectivity index (χ1v) is 7.11. The molecule has 1 amide bonds. The zero-order chi connectivity index (χ0) is 15.6. The van der Waals surface area contributed by atoms with Crippen molar-refractivity contribution in [2.45, 2.75) is 40.5 Å². The molecule has 21 heavy (non-hydrogen) atoms. The van der Waals surface area contributed by atoms with Crippen LogP contribution in [0, 0.1) is 20.8 Å². The highest BCUT2D eigenvalue weighted by atomic mass is 16.1. The number of carbonyl (C=O) groups excluding carboxylic acids is 1. The summed E-state index contributed by atoms with van der Waals surface area (Å²) in [7, 11) is 0. The van der Waals surface area contributed by atoms with E-state index in [2.05, 4.69) is 29.1 Å². The second kappa shape index (κ2) is 6.04. The van der Waals surface area contributed by atoms with E-state index in [9.17, 15) is 4.79 Å². The van der Waals surface area contributed by atoms with Gasteiger partial charge in [0.1, 0.15) is 5.82 Å². The van der Waals surface area contributed by atoms with Gasteiger partial charge in [0.15, 0.2) is 0 Å². The summed E-state index contributed by atoms with van der Waals surface area (Å²) in [6, 6.07) is 7.91. The topological polar surface area (TPSA) is 54.9 Å². The molecule has 2 rings (SSSR count). The fraction of sp³-hybridized carbons (Fsp3) is 0.353. The van der Waals surface area contributed by atoms with E-state index in [1.807, 2.05) is 45.0 Å². The Bertz CT molecular complexity index is 637. The highest BCUT2D eigenvalue weighted by Crippen LogP contribution is 2.18. The molecule has 1 aromatic heterocycles. The smallest absolute Gasteiger partial charge is 0.259 e. The van der Waals surface area contributed by atoms with Gasteiger partial charge in [-0.3, -0.25) is 4.79 Å². The van der Waals surface area contributed by atoms with Crippen molar-refractivity contribution in [2.75, 3.05) is 5.32 Å². The minimum atomic E-state index is -0.165. The van der Waals surface area contributed by atoms with Gasteiger partial charge in [-0.15, -0.1) is 0 Å². The summed E-state index contributed by atoms with van der Waals surface area (Å²) in [5, 5.41) is 2.91. The van der Waals surface area contributed by atoms with Crippen LogP contribution < -0.4 is 5.32 Å². The Morgan fingerprint density at radius 2 is 1.52 bits per heavy atom. The van der Waals surface area contributed by atoms with Crippen LogP contribution >= 0.6 is 0 Å². The van der Waals surface area contributed by atoms with Crippen molar-refractivity contribution in [3.05, 3.63) is 52.6 Å². The molecule has 0 spiro atoms. The lowest BCUT2D eigenvalue weighted by atomic mass is 10.0. The van der Waals surface area contributed by atoms with Crippen LogP contribution in [-0.2, 0) is 0 Å². The van der Waals surface area contributed by atoms with Crippen molar-refractivity contribution < 1.29 is 4.79 Å². The molecule has 0 atom stereocenters. The normalized spacial score (nSPS) is 10.8. The van der Waals surface area contributed by atoms with Crippen LogP contribution in [0.5, 0.6) is 0 Å². The van der Waals surface area contributed by atoms with Crippen molar-refractivity contribution in [3.63, 3.8) is 0 Å². The third-order valence-corrected chi connectivity index (χ3v) is 3.44. The minimum Gasteiger partial charge on any atom is -0.322 e. The number of amides is 1. The molecule has 0 bridgehead atoms. The molecule has 0 aliphatic rings. The lowest BCUT2D eigenvalue weighted by molar-refractivity contribution is 0.102. The zero-order valence-corrected chi connectivity index (χ0v) is 13.2. The molecule has 110 valence electrons. The number of benzene rings is 1. The Labute approximate surface area is 125 Å². The number of aryl methyl sites for hydroxylation is 3. The minimum absolute atomic E-state index is 0.165. The second-order valence-electron chi connectivity index (χ2n) is 5.55. The Hall–Kier alpha value is -2.23. The van der Waals surface area contributed by atoms with Crippen LogP contribution in [0.15, 0.2) is 24.3 Å². The highest BCUT2D eigenvalue weighted by molar-refractivity contribution is 6.05. The van der Waals surface area contributed by atoms with Crippen LogP contribution in [-0.4, -0.2) is 15.9 Å². The molecule has 2 aromatic rings. The van der Waals surface area contributed by atoms with Crippen molar-refractivity contribution in [1.29, 1.82) is 0 Å². The van der Waals surface area contributed by atoms with E-state index in [4.69, 9.17) is 0 Å². The van der Waals surface area contributed by atoms with Crippen molar-refractivity contribution in [2.24, 2.45) is 0 Å². The second-order valence-corrected chi connectivity index (χ2v) is 5.55. The monoisotopic (exact) mass is 283 g/mol. The number of hydrogen-bond acceptors (Lipinski definition) is 3. The van der Waals surface area contributed by atoms with Crippen LogP contribution in [0.2, 0.25) is 0 Å². The van der Waals surface area contributed by atoms with E-state index < -0.39 is 0 Å². The summed E-state index contributed by atoms with van der Waals surface area (Å²) >= 11 is 0. The van der Waals surface area contributed by atoms with Gasteiger partial charge in [-0.25, -0.2) is 9.97 Å². The molecule has 4 heteroatoms. The maximum absolute atomic E-state index is 12.4. The zero-order valence-electron chi connectivity index (χ0n) is 13.2. The number of anilines is 1. The summed E-state index contributed by atoms with van der Waals surface area (Å²) in [6.07, 6.45) is 0. The number of hydrogen-bond donors (Lipinski definition) is 1. The number of aromatic nitrogens is 2. The Kier molecular flexibility index (Phi) is 4.36. The summed E-state index contributed by atoms with van der Waals surface area (Å²) in [4.78, 5) is 20.9. The molecule has 0 fully saturated rings. The Morgan fingerprint density at radius 1 is 1.00 bits per heavy atom. The van der Waals surface area contributed by atoms with Crippen molar-refractivity contribution >= 4 is 11.6 Å². The molecule has 4 nitrogen and oxygen atoms in total. The molecule has 1 heterocycles. The number of rotatable bonds is 3. The van der Waals surface area contributed by atoms with Gasteiger partial charge in [0, 0.05) is 5.69 Å². The van der Waals surface area contributed by atoms with Gasteiger partial charge >= 0.3 is 0 Å². The molecular formula is C17H21N3O. The molecule has 0 radical (unpaired) electrons. The van der Waals surface area contributed by atoms with Crippen LogP contribution in [0.4, 0.5) is 5.69 Å². The van der Waals surface area contributed by atoms with Crippen molar-refractivity contribution in [1.82, 2.24) is 9.97 Å². The van der Waals surface area contributed by atoms with Gasteiger partial charge < -0.3 is 5.32 Å². The Morgan fingerprint density at radius 3 is 2.00 bits per heavy atom. The average molecular weight is 283 g/mol. The van der Waals surface area contributed by atoms with E-state index >= 15 is 0 Å². The van der Waals surface area contributed by atoms with E-state index in [1.54, 1.807) is 0 Å². The average Bonchev–Trinajstić information content (AvgIpc) is 2.37. The van der Waals surface area contributed by atoms with Crippen LogP contribution in [0.3, 0.4) is 0 Å². The van der Waals surface area contributed by atoms with Gasteiger partial charge in [0.25, 0.3) is 5.91 Å². The summed E-state index contributed by atoms with van der Waals surface area (Å²) in [5.41, 5.74) is 3.99. The molecule has 0 unspecified atom stereocenters. The first-order valence-electron chi connectivity index (χ1n) is 7.11. The highest BCUT2D eigenvalue weighted by Gasteiger charge is 2.15. The largest absolute Gasteiger partial charge is 0.322 e. The van der Waals surface area contributed by atoms with Gasteiger partial charge in [0.2, 0.25) is 0 Å². The standard InChI is InChI=1S/C17H21N3O/c1-10(2)14-6-8-15(9-7-14)20-17(21)16-11(3)18-13(5)19-12(16)4/h6-10H,1-5H3,(H,20,21). The SMILES string of the molecule is Cc1nc(C)c(C(=O)Nc2ccc(C(C)C)cc2)c(C)n1. The third-order valence-electron chi connectivity index (χ3n) is 3.44. The molecule has 0 saturated heterocycles. The summed E-state index contributed by atoms with van der Waals surface area (Å²) < 4.78 is 0. The number of nitrogens with one attached hydrogen (secondary N) is 1. The third kappa shape index (κ3) is 3.45. The predicted molar refractivity (Wildman–Crippen MR) is 84.7 cm³/mol. The van der Waals surface area contributed by atoms with Crippen LogP contribution in [0.1, 0.15) is 52.9 Å². The van der Waals surface area contributed by atoms with Gasteiger partial charge in [-0.2, -0.15) is 0 Å². The van der Waals surface area contributed by atoms with Gasteiger partial charge in [-0.05, 0) is 44.4 Å². The lowest BCUT2D eigenvalue weighted by Gasteiger charge is -2.11. The summed E-state index contributed by atoms with van der Waals surface area (Å²) in [6.45, 7) is 9.77. The maximum atomic E-state index is 12.4. The van der Waals surface area contributed by atoms with Gasteiger partial charge in [-0.1, -0.05) is 26.0 Å². The Balaban J connectivity index is 2.22. The lowest BCUT2D eigenvalue weighted by Crippen LogP contribution is -2.17. The fourth-order valence-electron chi connectivity index (χ4n) is 2.36. The maximum Gasteiger partial charge on any atom is 0.259 e. The van der Waals surface area contributed by atoms with E-state index in [1.165, 1.54) is 5.56 Å². The van der Waals surface area contributed by atoms with Gasteiger partial charge in [0.05, 0.1) is 17.0 Å². The predicted octanol–water partition coefficient (Wildman–Crippen LogP) is 3.78. The fourth-order valence-corrected chi connectivity index (χ4v) is 2.36. The number of nitrogens with zero attached hydrogens (tertiary/aromatic N) is 2. The molecular weight excluding hydrogens is 262 g/mol. The first kappa shape index (κ1) is 15.2. The number of carbonyl (C=O) groups is 1. The van der Waals surface area contributed by atoms with E-state index in [-0.39, 0.29) is 5.91 Å². The molecule has 0 aliphatic carbocycles.